The van der Waals surface area contributed by atoms with Crippen LogP contribution in [-0.2, 0) is 18.0 Å². The molecule has 1 saturated heterocycles. The molecule has 1 fully saturated rings. The molecule has 0 saturated carbocycles. The highest BCUT2D eigenvalue weighted by atomic mass is 32.2. The standard InChI is InChI=1S/C29H31FN10OS/c1-29(2,3)42(41)36-26(20-5-7-24(30)8-6-20)22-14-31-28(32-15-22)39-11-9-38(10-12-39)27-25-13-21(18-40(25)35-19-33-27)23-16-34-37(4)17-23/h5-8,13-19H,9-12H2,1-4H3/b36-26-. The first kappa shape index (κ1) is 27.6. The number of aryl methyl sites for hydroxylation is 1. The predicted octanol–water partition coefficient (Wildman–Crippen LogP) is 3.69. The van der Waals surface area contributed by atoms with Crippen molar-refractivity contribution in [2.24, 2.45) is 11.4 Å². The molecule has 1 aliphatic heterocycles. The molecular formula is C29H31FN10OS. The smallest absolute Gasteiger partial charge is 0.225 e. The first-order chi connectivity index (χ1) is 20.2. The number of fused-ring (bicyclic) bond motifs is 1. The number of hydrogen-bond donors (Lipinski definition) is 0. The van der Waals surface area contributed by atoms with Crippen LogP contribution in [0.3, 0.4) is 0 Å². The molecule has 0 aliphatic carbocycles. The van der Waals surface area contributed by atoms with Gasteiger partial charge in [-0.2, -0.15) is 14.6 Å². The summed E-state index contributed by atoms with van der Waals surface area (Å²) >= 11 is 0. The zero-order valence-electron chi connectivity index (χ0n) is 23.8. The normalized spacial score (nSPS) is 15.4. The maximum atomic E-state index is 13.6. The van der Waals surface area contributed by atoms with Gasteiger partial charge in [0.15, 0.2) is 5.82 Å². The van der Waals surface area contributed by atoms with Crippen LogP contribution in [0.1, 0.15) is 31.9 Å². The Bertz CT molecular complexity index is 1770. The molecule has 5 heterocycles. The summed E-state index contributed by atoms with van der Waals surface area (Å²) in [4.78, 5) is 18.2. The number of aromatic nitrogens is 7. The van der Waals surface area contributed by atoms with Crippen LogP contribution < -0.4 is 9.80 Å². The first-order valence-corrected chi connectivity index (χ1v) is 14.7. The molecule has 1 unspecified atom stereocenters. The van der Waals surface area contributed by atoms with Crippen molar-refractivity contribution in [1.82, 2.24) is 34.3 Å². The Morgan fingerprint density at radius 1 is 0.881 bits per heavy atom. The predicted molar refractivity (Wildman–Crippen MR) is 162 cm³/mol. The molecule has 0 amide bonds. The van der Waals surface area contributed by atoms with E-state index in [1.807, 2.05) is 50.9 Å². The second-order valence-electron chi connectivity index (χ2n) is 11.1. The summed E-state index contributed by atoms with van der Waals surface area (Å²) in [6.45, 7) is 8.46. The van der Waals surface area contributed by atoms with Crippen molar-refractivity contribution in [2.45, 2.75) is 25.5 Å². The van der Waals surface area contributed by atoms with Gasteiger partial charge in [-0.3, -0.25) is 4.68 Å². The van der Waals surface area contributed by atoms with Crippen LogP contribution in [0, 0.1) is 5.82 Å². The Balaban J connectivity index is 1.19. The highest BCUT2D eigenvalue weighted by Gasteiger charge is 2.24. The molecule has 0 spiro atoms. The summed E-state index contributed by atoms with van der Waals surface area (Å²) in [5.74, 6) is 1.13. The van der Waals surface area contributed by atoms with E-state index in [-0.39, 0.29) is 5.82 Å². The Hall–Kier alpha value is -4.52. The summed E-state index contributed by atoms with van der Waals surface area (Å²) in [6, 6.07) is 8.05. The van der Waals surface area contributed by atoms with Crippen LogP contribution in [0.25, 0.3) is 16.6 Å². The van der Waals surface area contributed by atoms with E-state index in [0.29, 0.717) is 35.9 Å². The highest BCUT2D eigenvalue weighted by molar-refractivity contribution is 7.85. The molecule has 1 atom stereocenters. The van der Waals surface area contributed by atoms with Crippen LogP contribution >= 0.6 is 0 Å². The van der Waals surface area contributed by atoms with E-state index in [1.54, 1.807) is 35.5 Å². The van der Waals surface area contributed by atoms with Gasteiger partial charge in [-0.1, -0.05) is 0 Å². The van der Waals surface area contributed by atoms with E-state index in [1.165, 1.54) is 12.1 Å². The summed E-state index contributed by atoms with van der Waals surface area (Å²) < 4.78 is 34.1. The van der Waals surface area contributed by atoms with Crippen LogP contribution in [0.15, 0.2) is 72.0 Å². The van der Waals surface area contributed by atoms with Gasteiger partial charge in [-0.05, 0) is 51.1 Å². The van der Waals surface area contributed by atoms with Crippen molar-refractivity contribution in [2.75, 3.05) is 36.0 Å². The molecule has 13 heteroatoms. The topological polar surface area (TPSA) is 110 Å². The van der Waals surface area contributed by atoms with Gasteiger partial charge in [0.25, 0.3) is 0 Å². The second-order valence-corrected chi connectivity index (χ2v) is 13.0. The van der Waals surface area contributed by atoms with Gasteiger partial charge in [0.2, 0.25) is 5.95 Å². The van der Waals surface area contributed by atoms with Gasteiger partial charge < -0.3 is 9.80 Å². The molecular weight excluding hydrogens is 555 g/mol. The molecule has 42 heavy (non-hydrogen) atoms. The lowest BCUT2D eigenvalue weighted by Gasteiger charge is -2.35. The number of rotatable bonds is 6. The minimum absolute atomic E-state index is 0.352. The Morgan fingerprint density at radius 2 is 1.57 bits per heavy atom. The number of benzene rings is 1. The molecule has 6 rings (SSSR count). The number of piperazine rings is 1. The monoisotopic (exact) mass is 586 g/mol. The minimum Gasteiger partial charge on any atom is -0.351 e. The summed E-state index contributed by atoms with van der Waals surface area (Å²) in [7, 11) is 0.380. The van der Waals surface area contributed by atoms with E-state index in [9.17, 15) is 8.60 Å². The van der Waals surface area contributed by atoms with Crippen molar-refractivity contribution in [3.63, 3.8) is 0 Å². The van der Waals surface area contributed by atoms with Gasteiger partial charge in [-0.15, -0.1) is 0 Å². The molecule has 216 valence electrons. The van der Waals surface area contributed by atoms with Crippen LogP contribution in [0.2, 0.25) is 0 Å². The molecule has 1 aromatic carbocycles. The third kappa shape index (κ3) is 5.64. The Morgan fingerprint density at radius 3 is 2.21 bits per heavy atom. The summed E-state index contributed by atoms with van der Waals surface area (Å²) in [5.41, 5.74) is 4.72. The fourth-order valence-electron chi connectivity index (χ4n) is 4.71. The van der Waals surface area contributed by atoms with Gasteiger partial charge in [0, 0.05) is 80.3 Å². The molecule has 1 aliphatic rings. The fourth-order valence-corrected chi connectivity index (χ4v) is 5.36. The van der Waals surface area contributed by atoms with E-state index in [2.05, 4.69) is 45.4 Å². The van der Waals surface area contributed by atoms with Crippen LogP contribution in [0.4, 0.5) is 16.2 Å². The lowest BCUT2D eigenvalue weighted by Crippen LogP contribution is -2.47. The van der Waals surface area contributed by atoms with Crippen LogP contribution in [0.5, 0.6) is 0 Å². The third-order valence-electron chi connectivity index (χ3n) is 7.01. The van der Waals surface area contributed by atoms with Crippen LogP contribution in [-0.4, -0.2) is 75.2 Å². The molecule has 0 N–H and O–H groups in total. The maximum absolute atomic E-state index is 13.6. The molecule has 5 aromatic rings. The van der Waals surface area contributed by atoms with E-state index in [4.69, 9.17) is 0 Å². The van der Waals surface area contributed by atoms with Crippen molar-refractivity contribution in [1.29, 1.82) is 0 Å². The van der Waals surface area contributed by atoms with Crippen molar-refractivity contribution < 1.29 is 8.60 Å². The van der Waals surface area contributed by atoms with Gasteiger partial charge in [-0.25, -0.2) is 28.1 Å². The van der Waals surface area contributed by atoms with Crippen molar-refractivity contribution in [3.8, 4) is 11.1 Å². The largest absolute Gasteiger partial charge is 0.351 e. The first-order valence-electron chi connectivity index (χ1n) is 13.6. The Labute approximate surface area is 245 Å². The Kier molecular flexibility index (Phi) is 7.27. The minimum atomic E-state index is -1.52. The second kappa shape index (κ2) is 11.0. The molecule has 4 aromatic heterocycles. The van der Waals surface area contributed by atoms with Gasteiger partial charge in [0.05, 0.1) is 16.7 Å². The molecule has 0 bridgehead atoms. The maximum Gasteiger partial charge on any atom is 0.225 e. The number of nitrogens with zero attached hydrogens (tertiary/aromatic N) is 10. The third-order valence-corrected chi connectivity index (χ3v) is 8.41. The average molecular weight is 587 g/mol. The quantitative estimate of drug-likeness (QED) is 0.277. The lowest BCUT2D eigenvalue weighted by molar-refractivity contribution is 0.628. The zero-order valence-corrected chi connectivity index (χ0v) is 24.7. The average Bonchev–Trinajstić information content (AvgIpc) is 3.62. The summed E-state index contributed by atoms with van der Waals surface area (Å²) in [5, 5.41) is 8.68. The van der Waals surface area contributed by atoms with E-state index < -0.39 is 15.7 Å². The zero-order chi connectivity index (χ0) is 29.4. The van der Waals surface area contributed by atoms with Crippen molar-refractivity contribution in [3.05, 3.63) is 84.6 Å². The van der Waals surface area contributed by atoms with Gasteiger partial charge in [0.1, 0.15) is 28.6 Å². The fraction of sp³-hybridized carbons (Fsp3) is 0.310. The SMILES string of the molecule is Cn1cc(-c2cc3c(N4CCN(c5ncc(/C(=N\S(=O)C(C)(C)C)c6ccc(F)cc6)cn5)CC4)ncnn3c2)cn1. The molecule has 0 radical (unpaired) electrons. The van der Waals surface area contributed by atoms with Crippen molar-refractivity contribution >= 4 is 34.0 Å². The van der Waals surface area contributed by atoms with E-state index >= 15 is 0 Å². The van der Waals surface area contributed by atoms with Gasteiger partial charge >= 0.3 is 0 Å². The highest BCUT2D eigenvalue weighted by Crippen LogP contribution is 2.27. The number of anilines is 2. The number of hydrogen-bond acceptors (Lipinski definition) is 8. The molecule has 11 nitrogen and oxygen atoms in total. The number of halogens is 1. The summed E-state index contributed by atoms with van der Waals surface area (Å²) in [6.07, 6.45) is 10.8. The lowest BCUT2D eigenvalue weighted by atomic mass is 10.1. The van der Waals surface area contributed by atoms with E-state index in [0.717, 1.165) is 35.6 Å².